The summed E-state index contributed by atoms with van der Waals surface area (Å²) < 4.78 is 1.86. The number of nitrogens with one attached hydrogen (secondary N) is 3. The van der Waals surface area contributed by atoms with Crippen LogP contribution < -0.4 is 15.5 Å². The van der Waals surface area contributed by atoms with Crippen LogP contribution in [-0.2, 0) is 11.3 Å². The van der Waals surface area contributed by atoms with Gasteiger partial charge in [0.2, 0.25) is 0 Å². The molecule has 0 bridgehead atoms. The van der Waals surface area contributed by atoms with Gasteiger partial charge in [0.05, 0.1) is 18.3 Å². The molecule has 1 heterocycles. The average Bonchev–Trinajstić information content (AvgIpc) is 3.12. The molecule has 7 heteroatoms. The van der Waals surface area contributed by atoms with Crippen molar-refractivity contribution in [1.82, 2.24) is 20.4 Å². The minimum atomic E-state index is -0.468. The first-order chi connectivity index (χ1) is 14.4. The molecule has 0 saturated carbocycles. The van der Waals surface area contributed by atoms with Crippen molar-refractivity contribution in [3.8, 4) is 16.9 Å². The van der Waals surface area contributed by atoms with Crippen molar-refractivity contribution in [3.05, 3.63) is 72.4 Å². The fraction of sp³-hybridized carbons (Fsp3) is 0.261. The van der Waals surface area contributed by atoms with E-state index in [9.17, 15) is 9.59 Å². The number of imide groups is 1. The van der Waals surface area contributed by atoms with Gasteiger partial charge in [-0.3, -0.25) is 10.1 Å². The molecule has 156 valence electrons. The van der Waals surface area contributed by atoms with Crippen molar-refractivity contribution in [3.63, 3.8) is 0 Å². The Hall–Kier alpha value is -3.45. The van der Waals surface area contributed by atoms with Gasteiger partial charge in [-0.15, -0.1) is 0 Å². The van der Waals surface area contributed by atoms with E-state index in [-0.39, 0.29) is 18.5 Å². The van der Waals surface area contributed by atoms with E-state index in [1.165, 1.54) is 0 Å². The summed E-state index contributed by atoms with van der Waals surface area (Å²) in [5.74, 6) is -0.317. The first-order valence-electron chi connectivity index (χ1n) is 10.0. The molecule has 1 atom stereocenters. The van der Waals surface area contributed by atoms with Crippen LogP contribution in [0.2, 0.25) is 0 Å². The maximum Gasteiger partial charge on any atom is 0.321 e. The van der Waals surface area contributed by atoms with Crippen LogP contribution in [0, 0.1) is 0 Å². The van der Waals surface area contributed by atoms with Gasteiger partial charge in [0, 0.05) is 17.8 Å². The van der Waals surface area contributed by atoms with Gasteiger partial charge in [-0.05, 0) is 26.0 Å². The van der Waals surface area contributed by atoms with Crippen molar-refractivity contribution in [1.29, 1.82) is 0 Å². The molecule has 0 fully saturated rings. The molecule has 0 aliphatic heterocycles. The number of rotatable bonds is 7. The number of hydrogen-bond acceptors (Lipinski definition) is 3. The predicted molar refractivity (Wildman–Crippen MR) is 116 cm³/mol. The van der Waals surface area contributed by atoms with Gasteiger partial charge in [-0.2, -0.15) is 5.10 Å². The van der Waals surface area contributed by atoms with Crippen LogP contribution in [0.25, 0.3) is 16.9 Å². The van der Waals surface area contributed by atoms with Crippen LogP contribution in [0.1, 0.15) is 19.4 Å². The SMILES string of the molecule is CC(C)NC(=O)NC(=O)C[NH+](C)Cc1cn(-c2ccccc2)nc1-c1ccccc1. The number of amides is 3. The zero-order chi connectivity index (χ0) is 21.5. The molecule has 3 aromatic rings. The molecule has 0 radical (unpaired) electrons. The van der Waals surface area contributed by atoms with E-state index >= 15 is 0 Å². The minimum absolute atomic E-state index is 0.0277. The molecule has 30 heavy (non-hydrogen) atoms. The molecule has 0 aliphatic carbocycles. The van der Waals surface area contributed by atoms with E-state index in [1.807, 2.05) is 92.4 Å². The minimum Gasteiger partial charge on any atom is -0.336 e. The number of hydrogen-bond donors (Lipinski definition) is 3. The standard InChI is InChI=1S/C23H27N5O2/c1-17(2)24-23(30)25-21(29)16-27(3)14-19-15-28(20-12-8-5-9-13-20)26-22(19)18-10-6-4-7-11-18/h4-13,15,17H,14,16H2,1-3H3,(H2,24,25,29,30)/p+1. The molecule has 0 spiro atoms. The number of para-hydroxylation sites is 1. The fourth-order valence-corrected chi connectivity index (χ4v) is 3.22. The van der Waals surface area contributed by atoms with Crippen LogP contribution in [0.5, 0.6) is 0 Å². The number of quaternary nitrogens is 1. The van der Waals surface area contributed by atoms with E-state index in [0.29, 0.717) is 6.54 Å². The molecular weight excluding hydrogens is 378 g/mol. The second-order valence-electron chi connectivity index (χ2n) is 7.64. The van der Waals surface area contributed by atoms with Crippen molar-refractivity contribution < 1.29 is 14.5 Å². The normalized spacial score (nSPS) is 11.9. The van der Waals surface area contributed by atoms with Gasteiger partial charge >= 0.3 is 6.03 Å². The van der Waals surface area contributed by atoms with E-state index in [4.69, 9.17) is 5.10 Å². The summed E-state index contributed by atoms with van der Waals surface area (Å²) >= 11 is 0. The average molecular weight is 407 g/mol. The maximum absolute atomic E-state index is 12.2. The quantitative estimate of drug-likeness (QED) is 0.560. The fourth-order valence-electron chi connectivity index (χ4n) is 3.22. The lowest BCUT2D eigenvalue weighted by Gasteiger charge is -2.14. The lowest BCUT2D eigenvalue weighted by Crippen LogP contribution is -3.09. The molecular formula is C23H28N5O2+. The van der Waals surface area contributed by atoms with E-state index in [0.717, 1.165) is 27.4 Å². The summed E-state index contributed by atoms with van der Waals surface area (Å²) in [6.07, 6.45) is 2.00. The summed E-state index contributed by atoms with van der Waals surface area (Å²) in [4.78, 5) is 24.9. The molecule has 1 unspecified atom stereocenters. The van der Waals surface area contributed by atoms with E-state index in [1.54, 1.807) is 0 Å². The molecule has 0 saturated heterocycles. The number of likely N-dealkylation sites (N-methyl/N-ethyl adjacent to an activating group) is 1. The highest BCUT2D eigenvalue weighted by Crippen LogP contribution is 2.23. The van der Waals surface area contributed by atoms with Crippen LogP contribution in [0.3, 0.4) is 0 Å². The van der Waals surface area contributed by atoms with Gasteiger partial charge < -0.3 is 10.2 Å². The Morgan fingerprint density at radius 1 is 1.03 bits per heavy atom. The second-order valence-corrected chi connectivity index (χ2v) is 7.64. The molecule has 1 aromatic heterocycles. The zero-order valence-electron chi connectivity index (χ0n) is 17.6. The highest BCUT2D eigenvalue weighted by molar-refractivity contribution is 5.94. The number of benzene rings is 2. The van der Waals surface area contributed by atoms with Gasteiger partial charge in [-0.1, -0.05) is 48.5 Å². The summed E-state index contributed by atoms with van der Waals surface area (Å²) in [5, 5.41) is 9.83. The molecule has 3 rings (SSSR count). The van der Waals surface area contributed by atoms with Crippen LogP contribution >= 0.6 is 0 Å². The lowest BCUT2D eigenvalue weighted by molar-refractivity contribution is -0.885. The number of urea groups is 1. The smallest absolute Gasteiger partial charge is 0.321 e. The summed E-state index contributed by atoms with van der Waals surface area (Å²) in [7, 11) is 1.93. The largest absolute Gasteiger partial charge is 0.336 e. The molecule has 7 nitrogen and oxygen atoms in total. The van der Waals surface area contributed by atoms with Crippen molar-refractivity contribution >= 4 is 11.9 Å². The third kappa shape index (κ3) is 5.78. The van der Waals surface area contributed by atoms with Crippen molar-refractivity contribution in [2.24, 2.45) is 0 Å². The van der Waals surface area contributed by atoms with E-state index < -0.39 is 6.03 Å². The predicted octanol–water partition coefficient (Wildman–Crippen LogP) is 1.79. The van der Waals surface area contributed by atoms with Crippen LogP contribution in [0.15, 0.2) is 66.9 Å². The van der Waals surface area contributed by atoms with Gasteiger partial charge in [-0.25, -0.2) is 9.48 Å². The monoisotopic (exact) mass is 406 g/mol. The first-order valence-corrected chi connectivity index (χ1v) is 10.0. The Bertz CT molecular complexity index is 983. The highest BCUT2D eigenvalue weighted by Gasteiger charge is 2.19. The maximum atomic E-state index is 12.2. The third-order valence-corrected chi connectivity index (χ3v) is 4.49. The van der Waals surface area contributed by atoms with Crippen molar-refractivity contribution in [2.75, 3.05) is 13.6 Å². The van der Waals surface area contributed by atoms with Crippen LogP contribution in [0.4, 0.5) is 4.79 Å². The molecule has 0 aliphatic rings. The topological polar surface area (TPSA) is 80.5 Å². The Morgan fingerprint density at radius 2 is 1.67 bits per heavy atom. The Labute approximate surface area is 176 Å². The van der Waals surface area contributed by atoms with E-state index in [2.05, 4.69) is 10.6 Å². The summed E-state index contributed by atoms with van der Waals surface area (Å²) in [6, 6.07) is 19.4. The summed E-state index contributed by atoms with van der Waals surface area (Å²) in [5.41, 5.74) is 3.91. The number of carbonyl (C=O) groups is 2. The third-order valence-electron chi connectivity index (χ3n) is 4.49. The Morgan fingerprint density at radius 3 is 2.30 bits per heavy atom. The van der Waals surface area contributed by atoms with Crippen LogP contribution in [-0.4, -0.2) is 41.4 Å². The lowest BCUT2D eigenvalue weighted by atomic mass is 10.1. The number of carbonyl (C=O) groups excluding carboxylic acids is 2. The number of aromatic nitrogens is 2. The number of nitrogens with zero attached hydrogens (tertiary/aromatic N) is 2. The zero-order valence-corrected chi connectivity index (χ0v) is 17.6. The Balaban J connectivity index is 1.76. The highest BCUT2D eigenvalue weighted by atomic mass is 16.2. The second kappa shape index (κ2) is 9.84. The van der Waals surface area contributed by atoms with Gasteiger partial charge in [0.15, 0.2) is 6.54 Å². The Kier molecular flexibility index (Phi) is 6.98. The van der Waals surface area contributed by atoms with Gasteiger partial charge in [0.25, 0.3) is 5.91 Å². The molecule has 3 N–H and O–H groups in total. The summed E-state index contributed by atoms with van der Waals surface area (Å²) in [6.45, 7) is 4.46. The molecule has 2 aromatic carbocycles. The van der Waals surface area contributed by atoms with Crippen molar-refractivity contribution in [2.45, 2.75) is 26.4 Å². The molecule has 3 amide bonds. The van der Waals surface area contributed by atoms with Gasteiger partial charge in [0.1, 0.15) is 12.2 Å². The first kappa shape index (κ1) is 21.3.